The van der Waals surface area contributed by atoms with Crippen LogP contribution in [0.15, 0.2) is 0 Å². The van der Waals surface area contributed by atoms with Gasteiger partial charge in [0.15, 0.2) is 5.78 Å². The largest absolute Gasteiger partial charge is 0.368 e. The van der Waals surface area contributed by atoms with Crippen molar-refractivity contribution in [3.63, 3.8) is 0 Å². The van der Waals surface area contributed by atoms with Gasteiger partial charge in [0.25, 0.3) is 0 Å². The number of carbonyl (C=O) groups is 1. The lowest BCUT2D eigenvalue weighted by molar-refractivity contribution is 0.0553. The van der Waals surface area contributed by atoms with Gasteiger partial charge in [-0.2, -0.15) is 0 Å². The highest BCUT2D eigenvalue weighted by molar-refractivity contribution is 7.14. The van der Waals surface area contributed by atoms with Gasteiger partial charge in [0.05, 0.1) is 16.7 Å². The molecule has 86 valence electrons. The predicted molar refractivity (Wildman–Crippen MR) is 61.9 cm³/mol. The van der Waals surface area contributed by atoms with Crippen LogP contribution in [0.1, 0.15) is 59.1 Å². The highest BCUT2D eigenvalue weighted by Crippen LogP contribution is 2.37. The van der Waals surface area contributed by atoms with Crippen molar-refractivity contribution in [1.29, 1.82) is 0 Å². The first-order valence-electron chi connectivity index (χ1n) is 5.92. The number of aryl methyl sites for hydroxylation is 1. The van der Waals surface area contributed by atoms with E-state index in [9.17, 15) is 4.79 Å². The van der Waals surface area contributed by atoms with E-state index in [1.807, 2.05) is 0 Å². The maximum Gasteiger partial charge on any atom is 0.174 e. The number of aromatic nitrogens is 1. The number of carbonyl (C=O) groups excluding carboxylic acids is 1. The summed E-state index contributed by atoms with van der Waals surface area (Å²) >= 11 is 1.56. The summed E-state index contributed by atoms with van der Waals surface area (Å²) in [5, 5.41) is 1.02. The Morgan fingerprint density at radius 1 is 1.38 bits per heavy atom. The molecule has 0 saturated carbocycles. The summed E-state index contributed by atoms with van der Waals surface area (Å²) < 4.78 is 5.80. The van der Waals surface area contributed by atoms with E-state index in [1.165, 1.54) is 0 Å². The van der Waals surface area contributed by atoms with Crippen LogP contribution in [-0.2, 0) is 11.2 Å². The minimum absolute atomic E-state index is 0.137. The van der Waals surface area contributed by atoms with E-state index >= 15 is 0 Å². The number of ketones is 1. The Morgan fingerprint density at radius 3 is 2.94 bits per heavy atom. The molecule has 1 aromatic rings. The van der Waals surface area contributed by atoms with E-state index in [0.29, 0.717) is 12.5 Å². The molecule has 0 bridgehead atoms. The van der Waals surface area contributed by atoms with Crippen LogP contribution in [0.3, 0.4) is 0 Å². The van der Waals surface area contributed by atoms with E-state index in [0.717, 1.165) is 41.3 Å². The van der Waals surface area contributed by atoms with Crippen molar-refractivity contribution >= 4 is 17.1 Å². The van der Waals surface area contributed by atoms with Crippen molar-refractivity contribution in [3.05, 3.63) is 15.6 Å². The Morgan fingerprint density at radius 2 is 2.25 bits per heavy atom. The molecule has 0 N–H and O–H groups in total. The van der Waals surface area contributed by atoms with Gasteiger partial charge in [-0.1, -0.05) is 0 Å². The Labute approximate surface area is 98.8 Å². The number of Topliss-reactive ketones (excluding diaryl/α,β-unsaturated/α-hetero) is 1. The van der Waals surface area contributed by atoms with Crippen LogP contribution in [0.2, 0.25) is 0 Å². The van der Waals surface area contributed by atoms with Crippen molar-refractivity contribution in [2.45, 2.75) is 51.2 Å². The summed E-state index contributed by atoms with van der Waals surface area (Å²) in [6, 6.07) is 0. The minimum Gasteiger partial charge on any atom is -0.368 e. The lowest BCUT2D eigenvalue weighted by atomic mass is 10.0. The van der Waals surface area contributed by atoms with Crippen molar-refractivity contribution in [2.75, 3.05) is 0 Å². The summed E-state index contributed by atoms with van der Waals surface area (Å²) in [7, 11) is 0. The molecule has 3 rings (SSSR count). The normalized spacial score (nSPS) is 29.4. The van der Waals surface area contributed by atoms with Gasteiger partial charge in [-0.05, 0) is 32.6 Å². The molecule has 1 aromatic heterocycles. The van der Waals surface area contributed by atoms with E-state index < -0.39 is 0 Å². The molecular weight excluding hydrogens is 222 g/mol. The molecule has 0 aromatic carbocycles. The van der Waals surface area contributed by atoms with E-state index in [4.69, 9.17) is 4.74 Å². The van der Waals surface area contributed by atoms with Crippen LogP contribution in [0.4, 0.5) is 0 Å². The van der Waals surface area contributed by atoms with Gasteiger partial charge in [0.2, 0.25) is 0 Å². The average Bonchev–Trinajstić information content (AvgIpc) is 2.84. The minimum atomic E-state index is 0.137. The fourth-order valence-corrected chi connectivity index (χ4v) is 3.56. The molecule has 1 saturated heterocycles. The fraction of sp³-hybridized carbons (Fsp3) is 0.667. The molecule has 4 heteroatoms. The first-order valence-corrected chi connectivity index (χ1v) is 6.74. The second-order valence-corrected chi connectivity index (χ2v) is 5.65. The quantitative estimate of drug-likeness (QED) is 0.754. The van der Waals surface area contributed by atoms with Gasteiger partial charge in [-0.15, -0.1) is 11.3 Å². The number of nitrogens with zero attached hydrogens (tertiary/aromatic N) is 1. The van der Waals surface area contributed by atoms with E-state index in [1.54, 1.807) is 11.3 Å². The summed E-state index contributed by atoms with van der Waals surface area (Å²) in [6.07, 6.45) is 5.22. The van der Waals surface area contributed by atoms with Crippen LogP contribution in [0, 0.1) is 0 Å². The molecule has 0 spiro atoms. The molecule has 1 aliphatic heterocycles. The average molecular weight is 237 g/mol. The SMILES string of the molecule is CC1CCC(c2nc3c(s2)C(=O)CCC3)O1. The number of rotatable bonds is 1. The predicted octanol–water partition coefficient (Wildman–Crippen LogP) is 2.90. The topological polar surface area (TPSA) is 39.2 Å². The van der Waals surface area contributed by atoms with Gasteiger partial charge in [-0.25, -0.2) is 4.98 Å². The van der Waals surface area contributed by atoms with Crippen LogP contribution in [-0.4, -0.2) is 16.9 Å². The maximum absolute atomic E-state index is 11.7. The Hall–Kier alpha value is -0.740. The Balaban J connectivity index is 1.89. The van der Waals surface area contributed by atoms with Gasteiger partial charge >= 0.3 is 0 Å². The van der Waals surface area contributed by atoms with Crippen molar-refractivity contribution in [2.24, 2.45) is 0 Å². The maximum atomic E-state index is 11.7. The molecular formula is C12H15NO2S. The first kappa shape index (κ1) is 10.4. The number of ether oxygens (including phenoxy) is 1. The summed E-state index contributed by atoms with van der Waals surface area (Å²) in [6.45, 7) is 2.10. The molecule has 1 aliphatic carbocycles. The Kier molecular flexibility index (Phi) is 2.56. The lowest BCUT2D eigenvalue weighted by Crippen LogP contribution is -2.07. The van der Waals surface area contributed by atoms with Gasteiger partial charge in [-0.3, -0.25) is 4.79 Å². The summed E-state index contributed by atoms with van der Waals surface area (Å²) in [5.41, 5.74) is 1.01. The number of hydrogen-bond donors (Lipinski definition) is 0. The first-order chi connectivity index (χ1) is 7.74. The molecule has 16 heavy (non-hydrogen) atoms. The smallest absolute Gasteiger partial charge is 0.174 e. The molecule has 1 fully saturated rings. The molecule has 3 nitrogen and oxygen atoms in total. The Bertz CT molecular complexity index is 427. The van der Waals surface area contributed by atoms with Crippen LogP contribution >= 0.6 is 11.3 Å². The van der Waals surface area contributed by atoms with Crippen LogP contribution in [0.25, 0.3) is 0 Å². The van der Waals surface area contributed by atoms with Crippen molar-refractivity contribution in [3.8, 4) is 0 Å². The number of hydrogen-bond acceptors (Lipinski definition) is 4. The van der Waals surface area contributed by atoms with Gasteiger partial charge in [0.1, 0.15) is 11.1 Å². The summed E-state index contributed by atoms with van der Waals surface area (Å²) in [5.74, 6) is 0.274. The monoisotopic (exact) mass is 237 g/mol. The van der Waals surface area contributed by atoms with Gasteiger partial charge in [0, 0.05) is 6.42 Å². The standard InChI is InChI=1S/C12H15NO2S/c1-7-5-6-10(15-7)12-13-8-3-2-4-9(14)11(8)16-12/h7,10H,2-6H2,1H3. The zero-order valence-electron chi connectivity index (χ0n) is 9.36. The highest BCUT2D eigenvalue weighted by Gasteiger charge is 2.29. The lowest BCUT2D eigenvalue weighted by Gasteiger charge is -2.06. The third-order valence-corrected chi connectivity index (χ3v) is 4.52. The second-order valence-electron chi connectivity index (χ2n) is 4.62. The fourth-order valence-electron chi connectivity index (χ4n) is 2.41. The molecule has 2 unspecified atom stereocenters. The number of thiazole rings is 1. The molecule has 0 amide bonds. The van der Waals surface area contributed by atoms with Crippen molar-refractivity contribution < 1.29 is 9.53 Å². The van der Waals surface area contributed by atoms with Crippen LogP contribution < -0.4 is 0 Å². The zero-order valence-corrected chi connectivity index (χ0v) is 10.2. The zero-order chi connectivity index (χ0) is 11.1. The third kappa shape index (κ3) is 1.70. The summed E-state index contributed by atoms with van der Waals surface area (Å²) in [4.78, 5) is 17.2. The van der Waals surface area contributed by atoms with E-state index in [2.05, 4.69) is 11.9 Å². The van der Waals surface area contributed by atoms with Crippen LogP contribution in [0.5, 0.6) is 0 Å². The van der Waals surface area contributed by atoms with Gasteiger partial charge < -0.3 is 4.74 Å². The molecule has 2 heterocycles. The number of fused-ring (bicyclic) bond motifs is 1. The second kappa shape index (κ2) is 3.93. The molecule has 0 radical (unpaired) electrons. The van der Waals surface area contributed by atoms with E-state index in [-0.39, 0.29) is 11.9 Å². The highest BCUT2D eigenvalue weighted by atomic mass is 32.1. The molecule has 2 atom stereocenters. The third-order valence-electron chi connectivity index (χ3n) is 3.29. The molecule has 2 aliphatic rings. The van der Waals surface area contributed by atoms with Crippen molar-refractivity contribution in [1.82, 2.24) is 4.98 Å².